The SMILES string of the molecule is CC[C](C)([SnH])CC. The van der Waals surface area contributed by atoms with Crippen LogP contribution in [0.4, 0.5) is 0 Å². The summed E-state index contributed by atoms with van der Waals surface area (Å²) >= 11 is 1.41. The summed E-state index contributed by atoms with van der Waals surface area (Å²) in [6.07, 6.45) is 2.71. The molecule has 42 valence electrons. The summed E-state index contributed by atoms with van der Waals surface area (Å²) < 4.78 is 0.713. The van der Waals surface area contributed by atoms with Crippen molar-refractivity contribution in [2.75, 3.05) is 0 Å². The average molecular weight is 205 g/mol. The van der Waals surface area contributed by atoms with Gasteiger partial charge in [0.2, 0.25) is 0 Å². The molecule has 0 rings (SSSR count). The monoisotopic (exact) mass is 206 g/mol. The molecule has 7 heavy (non-hydrogen) atoms. The van der Waals surface area contributed by atoms with Gasteiger partial charge in [0, 0.05) is 0 Å². The van der Waals surface area contributed by atoms with Gasteiger partial charge in [-0.25, -0.2) is 0 Å². The van der Waals surface area contributed by atoms with Crippen molar-refractivity contribution in [3.63, 3.8) is 0 Å². The number of rotatable bonds is 2. The Morgan fingerprint density at radius 2 is 1.57 bits per heavy atom. The molecule has 0 bridgehead atoms. The van der Waals surface area contributed by atoms with Crippen molar-refractivity contribution in [3.05, 3.63) is 0 Å². The van der Waals surface area contributed by atoms with Gasteiger partial charge in [-0.2, -0.15) is 0 Å². The third kappa shape index (κ3) is 3.39. The van der Waals surface area contributed by atoms with E-state index < -0.39 is 0 Å². The molecule has 0 aromatic rings. The van der Waals surface area contributed by atoms with Crippen LogP contribution in [-0.2, 0) is 0 Å². The third-order valence-corrected chi connectivity index (χ3v) is 3.95. The van der Waals surface area contributed by atoms with Gasteiger partial charge in [0.05, 0.1) is 0 Å². The van der Waals surface area contributed by atoms with Crippen LogP contribution in [-0.4, -0.2) is 22.5 Å². The van der Waals surface area contributed by atoms with Crippen molar-refractivity contribution < 1.29 is 0 Å². The van der Waals surface area contributed by atoms with Gasteiger partial charge in [0.1, 0.15) is 0 Å². The van der Waals surface area contributed by atoms with Crippen molar-refractivity contribution in [2.45, 2.75) is 37.0 Å². The molecule has 0 aliphatic rings. The van der Waals surface area contributed by atoms with E-state index in [4.69, 9.17) is 0 Å². The first-order chi connectivity index (χ1) is 3.12. The first-order valence-corrected chi connectivity index (χ1v) is 4.56. The fourth-order valence-corrected chi connectivity index (χ4v) is 0.250. The summed E-state index contributed by atoms with van der Waals surface area (Å²) in [4.78, 5) is 0. The zero-order valence-electron chi connectivity index (χ0n) is 5.49. The van der Waals surface area contributed by atoms with Crippen LogP contribution in [0.2, 0.25) is 3.43 Å². The molecule has 0 atom stereocenters. The van der Waals surface area contributed by atoms with Crippen LogP contribution in [0.1, 0.15) is 33.6 Å². The fraction of sp³-hybridized carbons (Fsp3) is 1.00. The van der Waals surface area contributed by atoms with Gasteiger partial charge in [-0.15, -0.1) is 0 Å². The minimum absolute atomic E-state index is 0.713. The van der Waals surface area contributed by atoms with Gasteiger partial charge in [0.25, 0.3) is 0 Å². The molecule has 0 amide bonds. The van der Waals surface area contributed by atoms with Gasteiger partial charge in [-0.3, -0.25) is 0 Å². The van der Waals surface area contributed by atoms with E-state index in [1.807, 2.05) is 0 Å². The molecule has 0 fully saturated rings. The Hall–Kier alpha value is 0.799. The van der Waals surface area contributed by atoms with Crippen molar-refractivity contribution in [2.24, 2.45) is 0 Å². The molecule has 0 aromatic carbocycles. The summed E-state index contributed by atoms with van der Waals surface area (Å²) in [6, 6.07) is 0. The number of hydrogen-bond acceptors (Lipinski definition) is 0. The van der Waals surface area contributed by atoms with Crippen molar-refractivity contribution in [1.29, 1.82) is 0 Å². The van der Waals surface area contributed by atoms with E-state index >= 15 is 0 Å². The molecule has 0 heterocycles. The fourth-order valence-electron chi connectivity index (χ4n) is 0.250. The maximum absolute atomic E-state index is 2.36. The van der Waals surface area contributed by atoms with Gasteiger partial charge in [0.15, 0.2) is 0 Å². The number of hydrogen-bond donors (Lipinski definition) is 0. The van der Waals surface area contributed by atoms with Crippen molar-refractivity contribution in [1.82, 2.24) is 0 Å². The van der Waals surface area contributed by atoms with E-state index in [0.717, 1.165) is 0 Å². The molecule has 0 nitrogen and oxygen atoms in total. The normalized spacial score (nSPS) is 12.0. The zero-order chi connectivity index (χ0) is 5.91. The molecule has 0 aromatic heterocycles. The molecule has 2 radical (unpaired) electrons. The Morgan fingerprint density at radius 3 is 1.57 bits per heavy atom. The van der Waals surface area contributed by atoms with Gasteiger partial charge < -0.3 is 0 Å². The Balaban J connectivity index is 3.36. The first kappa shape index (κ1) is 7.80. The van der Waals surface area contributed by atoms with Crippen LogP contribution >= 0.6 is 0 Å². The molecule has 0 spiro atoms. The topological polar surface area (TPSA) is 0 Å². The van der Waals surface area contributed by atoms with Crippen LogP contribution in [0, 0.1) is 0 Å². The summed E-state index contributed by atoms with van der Waals surface area (Å²) in [7, 11) is 0. The molecule has 0 unspecified atom stereocenters. The Kier molecular flexibility index (Phi) is 3.29. The van der Waals surface area contributed by atoms with E-state index in [0.29, 0.717) is 3.43 Å². The second-order valence-corrected chi connectivity index (χ2v) is 6.34. The second-order valence-electron chi connectivity index (χ2n) is 2.36. The van der Waals surface area contributed by atoms with E-state index in [9.17, 15) is 0 Å². The Bertz CT molecular complexity index is 42.1. The van der Waals surface area contributed by atoms with E-state index in [1.165, 1.54) is 35.4 Å². The van der Waals surface area contributed by atoms with Crippen LogP contribution in [0.15, 0.2) is 0 Å². The Labute approximate surface area is 59.8 Å². The van der Waals surface area contributed by atoms with Crippen molar-refractivity contribution in [3.8, 4) is 0 Å². The van der Waals surface area contributed by atoms with Crippen LogP contribution in [0.3, 0.4) is 0 Å². The standard InChI is InChI=1S/C6H13.Sn.H/c1-4-6(3)5-2;;/h4-5H2,1-3H3;;. The summed E-state index contributed by atoms with van der Waals surface area (Å²) in [5.74, 6) is 0. The molecule has 0 aliphatic carbocycles. The summed E-state index contributed by atoms with van der Waals surface area (Å²) in [6.45, 7) is 6.90. The quantitative estimate of drug-likeness (QED) is 0.603. The van der Waals surface area contributed by atoms with E-state index in [-0.39, 0.29) is 0 Å². The summed E-state index contributed by atoms with van der Waals surface area (Å²) in [5, 5.41) is 0. The molecular weight excluding hydrogens is 191 g/mol. The molecule has 1 heteroatoms. The Morgan fingerprint density at radius 1 is 1.29 bits per heavy atom. The predicted molar refractivity (Wildman–Crippen MR) is 36.1 cm³/mol. The predicted octanol–water partition coefficient (Wildman–Crippen LogP) is 1.89. The van der Waals surface area contributed by atoms with Gasteiger partial charge >= 0.3 is 59.6 Å². The molecule has 0 aliphatic heterocycles. The maximum atomic E-state index is 2.36. The molecule has 0 saturated heterocycles. The third-order valence-electron chi connectivity index (χ3n) is 1.62. The minimum atomic E-state index is 0.713. The first-order valence-electron chi connectivity index (χ1n) is 2.91. The van der Waals surface area contributed by atoms with Gasteiger partial charge in [-0.1, -0.05) is 0 Å². The van der Waals surface area contributed by atoms with Crippen LogP contribution in [0.5, 0.6) is 0 Å². The van der Waals surface area contributed by atoms with E-state index in [1.54, 1.807) is 0 Å². The van der Waals surface area contributed by atoms with Crippen LogP contribution in [0.25, 0.3) is 0 Å². The van der Waals surface area contributed by atoms with E-state index in [2.05, 4.69) is 20.8 Å². The van der Waals surface area contributed by atoms with Crippen LogP contribution < -0.4 is 0 Å². The molecule has 0 saturated carbocycles. The average Bonchev–Trinajstić information content (AvgIpc) is 1.68. The van der Waals surface area contributed by atoms with Crippen molar-refractivity contribution >= 4 is 22.5 Å². The molecular formula is C6H14Sn. The zero-order valence-corrected chi connectivity index (χ0v) is 8.79. The second kappa shape index (κ2) is 2.95. The molecule has 0 N–H and O–H groups in total. The van der Waals surface area contributed by atoms with Gasteiger partial charge in [-0.05, 0) is 0 Å². The summed E-state index contributed by atoms with van der Waals surface area (Å²) in [5.41, 5.74) is 0.